The maximum absolute atomic E-state index is 13.5. The minimum Gasteiger partial charge on any atom is -0.507 e. The summed E-state index contributed by atoms with van der Waals surface area (Å²) in [6, 6.07) is 19.7. The highest BCUT2D eigenvalue weighted by molar-refractivity contribution is 8.00. The third-order valence-corrected chi connectivity index (χ3v) is 9.26. The Bertz CT molecular complexity index is 1660. The van der Waals surface area contributed by atoms with Crippen LogP contribution in [0.15, 0.2) is 76.6 Å². The summed E-state index contributed by atoms with van der Waals surface area (Å²) in [6.45, 7) is 4.02. The average molecular weight is 586 g/mol. The molecule has 0 unspecified atom stereocenters. The number of ether oxygens (including phenoxy) is 2. The van der Waals surface area contributed by atoms with Crippen LogP contribution in [-0.2, 0) is 21.8 Å². The zero-order valence-corrected chi connectivity index (χ0v) is 24.3. The summed E-state index contributed by atoms with van der Waals surface area (Å²) in [5, 5.41) is 20.4. The number of carbonyl (C=O) groups excluding carboxylic acids is 2. The molecule has 2 atom stereocenters. The van der Waals surface area contributed by atoms with Gasteiger partial charge < -0.3 is 14.6 Å². The first kappa shape index (κ1) is 27.0. The fourth-order valence-electron chi connectivity index (χ4n) is 5.04. The molecular weight excluding hydrogens is 558 g/mol. The Morgan fingerprint density at radius 3 is 2.59 bits per heavy atom. The topological polar surface area (TPSA) is 102 Å². The number of anilines is 1. The van der Waals surface area contributed by atoms with E-state index in [1.54, 1.807) is 43.5 Å². The summed E-state index contributed by atoms with van der Waals surface area (Å²) in [5.74, 6) is 0.285. The van der Waals surface area contributed by atoms with Gasteiger partial charge in [-0.25, -0.2) is 0 Å². The second-order valence-electron chi connectivity index (χ2n) is 10.0. The second-order valence-corrected chi connectivity index (χ2v) is 12.2. The lowest BCUT2D eigenvalue weighted by atomic mass is 9.94. The van der Waals surface area contributed by atoms with Crippen LogP contribution in [0, 0.1) is 6.92 Å². The Morgan fingerprint density at radius 2 is 1.85 bits per heavy atom. The van der Waals surface area contributed by atoms with Gasteiger partial charge in [-0.15, -0.1) is 10.2 Å². The van der Waals surface area contributed by atoms with Crippen molar-refractivity contribution in [2.45, 2.75) is 42.5 Å². The largest absolute Gasteiger partial charge is 0.507 e. The van der Waals surface area contributed by atoms with Gasteiger partial charge in [0.25, 0.3) is 5.78 Å². The molecule has 1 aromatic heterocycles. The number of aromatic nitrogens is 2. The quantitative estimate of drug-likeness (QED) is 0.0913. The highest BCUT2D eigenvalue weighted by Gasteiger charge is 2.48. The van der Waals surface area contributed by atoms with Crippen molar-refractivity contribution < 1.29 is 24.2 Å². The lowest BCUT2D eigenvalue weighted by Gasteiger charge is -2.22. The van der Waals surface area contributed by atoms with Gasteiger partial charge in [0.2, 0.25) is 5.13 Å². The van der Waals surface area contributed by atoms with E-state index in [0.717, 1.165) is 16.9 Å². The van der Waals surface area contributed by atoms with Gasteiger partial charge in [-0.2, -0.15) is 0 Å². The molecule has 208 valence electrons. The summed E-state index contributed by atoms with van der Waals surface area (Å²) in [4.78, 5) is 28.4. The zero-order chi connectivity index (χ0) is 28.7. The maximum atomic E-state index is 13.5. The van der Waals surface area contributed by atoms with Crippen molar-refractivity contribution in [2.75, 3.05) is 12.0 Å². The van der Waals surface area contributed by atoms with Crippen molar-refractivity contribution in [3.63, 3.8) is 0 Å². The van der Waals surface area contributed by atoms with Crippen LogP contribution in [0.4, 0.5) is 5.13 Å². The fourth-order valence-corrected chi connectivity index (χ4v) is 6.87. The monoisotopic (exact) mass is 585 g/mol. The predicted octanol–water partition coefficient (Wildman–Crippen LogP) is 6.10. The number of aliphatic hydroxyl groups excluding tert-OH is 1. The van der Waals surface area contributed by atoms with E-state index in [9.17, 15) is 14.7 Å². The van der Waals surface area contributed by atoms with Gasteiger partial charge in [0.05, 0.1) is 18.7 Å². The van der Waals surface area contributed by atoms with E-state index in [2.05, 4.69) is 34.5 Å². The lowest BCUT2D eigenvalue weighted by molar-refractivity contribution is -0.132. The number of hydrogen-bond acceptors (Lipinski definition) is 9. The third kappa shape index (κ3) is 5.20. The normalized spacial score (nSPS) is 19.3. The Balaban J connectivity index is 1.38. The van der Waals surface area contributed by atoms with Gasteiger partial charge >= 0.3 is 5.91 Å². The lowest BCUT2D eigenvalue weighted by Crippen LogP contribution is -2.29. The van der Waals surface area contributed by atoms with Gasteiger partial charge in [-0.1, -0.05) is 65.1 Å². The molecule has 1 saturated heterocycles. The highest BCUT2D eigenvalue weighted by Crippen LogP contribution is 2.45. The summed E-state index contributed by atoms with van der Waals surface area (Å²) >= 11 is 2.75. The van der Waals surface area contributed by atoms with Gasteiger partial charge in [0, 0.05) is 17.7 Å². The van der Waals surface area contributed by atoms with Gasteiger partial charge in [0.1, 0.15) is 23.4 Å². The molecule has 10 heteroatoms. The van der Waals surface area contributed by atoms with Crippen molar-refractivity contribution in [1.82, 2.24) is 10.2 Å². The number of methoxy groups -OCH3 is 1. The number of rotatable bonds is 7. The highest BCUT2D eigenvalue weighted by atomic mass is 32.2. The maximum Gasteiger partial charge on any atom is 0.301 e. The Morgan fingerprint density at radius 1 is 1.10 bits per heavy atom. The molecule has 8 nitrogen and oxygen atoms in total. The number of Topliss-reactive ketones (excluding diaryl/α,β-unsaturated/α-hetero) is 1. The van der Waals surface area contributed by atoms with E-state index in [1.165, 1.54) is 33.6 Å². The molecule has 2 aliphatic rings. The molecule has 1 fully saturated rings. The Labute approximate surface area is 245 Å². The van der Waals surface area contributed by atoms with Crippen LogP contribution in [-0.4, -0.2) is 40.2 Å². The first-order chi connectivity index (χ1) is 19.8. The standard InChI is InChI=1S/C31H27N3O5S2/c1-17-4-6-19(7-5-17)16-40-31-33-32-30(41-31)34-26(20-8-11-23(38-3)12-9-20)25(28(36)29(34)37)27(35)21-10-13-24-22(15-21)14-18(2)39-24/h4-13,15,18,26,35H,14,16H2,1-3H3/b27-25+/t18-,26+/m1/s1. The van der Waals surface area contributed by atoms with E-state index < -0.39 is 17.7 Å². The number of aryl methyl sites for hydroxylation is 1. The van der Waals surface area contributed by atoms with E-state index in [-0.39, 0.29) is 22.6 Å². The van der Waals surface area contributed by atoms with Crippen LogP contribution >= 0.6 is 23.1 Å². The molecule has 0 aliphatic carbocycles. The average Bonchev–Trinajstić information content (AvgIpc) is 3.67. The molecule has 6 rings (SSSR count). The van der Waals surface area contributed by atoms with E-state index in [1.807, 2.05) is 19.9 Å². The third-order valence-electron chi connectivity index (χ3n) is 7.13. The van der Waals surface area contributed by atoms with Crippen LogP contribution in [0.25, 0.3) is 5.76 Å². The van der Waals surface area contributed by atoms with Crippen LogP contribution in [0.1, 0.15) is 40.8 Å². The second kappa shape index (κ2) is 11.0. The van der Waals surface area contributed by atoms with Crippen LogP contribution < -0.4 is 14.4 Å². The number of nitrogens with zero attached hydrogens (tertiary/aromatic N) is 3. The minimum absolute atomic E-state index is 0.00357. The number of thioether (sulfide) groups is 1. The summed E-state index contributed by atoms with van der Waals surface area (Å²) in [6.07, 6.45) is 0.725. The zero-order valence-electron chi connectivity index (χ0n) is 22.7. The number of carbonyl (C=O) groups is 2. The molecule has 2 aliphatic heterocycles. The molecule has 1 amide bonds. The number of hydrogen-bond donors (Lipinski definition) is 1. The van der Waals surface area contributed by atoms with Crippen molar-refractivity contribution in [1.29, 1.82) is 0 Å². The first-order valence-electron chi connectivity index (χ1n) is 13.1. The number of amides is 1. The van der Waals surface area contributed by atoms with Gasteiger partial charge in [0.15, 0.2) is 4.34 Å². The van der Waals surface area contributed by atoms with Crippen molar-refractivity contribution in [2.24, 2.45) is 0 Å². The van der Waals surface area contributed by atoms with E-state index in [0.29, 0.717) is 33.4 Å². The molecule has 3 heterocycles. The predicted molar refractivity (Wildman–Crippen MR) is 159 cm³/mol. The van der Waals surface area contributed by atoms with E-state index in [4.69, 9.17) is 9.47 Å². The Hall–Kier alpha value is -4.15. The molecule has 0 saturated carbocycles. The Kier molecular flexibility index (Phi) is 7.27. The molecule has 0 radical (unpaired) electrons. The van der Waals surface area contributed by atoms with Crippen molar-refractivity contribution >= 4 is 45.7 Å². The van der Waals surface area contributed by atoms with Gasteiger partial charge in [-0.3, -0.25) is 14.5 Å². The summed E-state index contributed by atoms with van der Waals surface area (Å²) in [5.41, 5.74) is 4.35. The number of ketones is 1. The molecule has 0 spiro atoms. The van der Waals surface area contributed by atoms with Crippen molar-refractivity contribution in [3.05, 3.63) is 100 Å². The molecule has 1 N–H and O–H groups in total. The van der Waals surface area contributed by atoms with Crippen LogP contribution in [0.2, 0.25) is 0 Å². The molecule has 4 aromatic rings. The van der Waals surface area contributed by atoms with Crippen LogP contribution in [0.3, 0.4) is 0 Å². The molecular formula is C31H27N3O5S2. The molecule has 3 aromatic carbocycles. The SMILES string of the molecule is COc1ccc([C@H]2/C(=C(\O)c3ccc4c(c3)C[C@@H](C)O4)C(=O)C(=O)N2c2nnc(SCc3ccc(C)cc3)s2)cc1. The van der Waals surface area contributed by atoms with Crippen molar-refractivity contribution in [3.8, 4) is 11.5 Å². The number of fused-ring (bicyclic) bond motifs is 1. The van der Waals surface area contributed by atoms with E-state index >= 15 is 0 Å². The molecule has 41 heavy (non-hydrogen) atoms. The van der Waals surface area contributed by atoms with Gasteiger partial charge in [-0.05, 0) is 60.9 Å². The first-order valence-corrected chi connectivity index (χ1v) is 14.9. The summed E-state index contributed by atoms with van der Waals surface area (Å²) in [7, 11) is 1.57. The fraction of sp³-hybridized carbons (Fsp3) is 0.226. The number of aliphatic hydroxyl groups is 1. The smallest absolute Gasteiger partial charge is 0.301 e. The summed E-state index contributed by atoms with van der Waals surface area (Å²) < 4.78 is 11.8. The van der Waals surface area contributed by atoms with Crippen LogP contribution in [0.5, 0.6) is 11.5 Å². The minimum atomic E-state index is -0.896. The number of benzene rings is 3. The molecule has 0 bridgehead atoms.